The predicted octanol–water partition coefficient (Wildman–Crippen LogP) is 3.43. The van der Waals surface area contributed by atoms with E-state index in [2.05, 4.69) is 31.2 Å². The first-order valence-electron chi connectivity index (χ1n) is 7.95. The zero-order chi connectivity index (χ0) is 16.3. The molecule has 2 heterocycles. The molecule has 2 aromatic rings. The molecule has 0 saturated carbocycles. The number of hydrogen-bond acceptors (Lipinski definition) is 4. The molecule has 130 valence electrons. The minimum Gasteiger partial charge on any atom is -0.347 e. The lowest BCUT2D eigenvalue weighted by Gasteiger charge is -2.15. The molecule has 0 bridgehead atoms. The van der Waals surface area contributed by atoms with Crippen LogP contribution in [0.25, 0.3) is 10.2 Å². The van der Waals surface area contributed by atoms with Gasteiger partial charge in [-0.1, -0.05) is 33.6 Å². The van der Waals surface area contributed by atoms with Crippen LogP contribution in [0.15, 0.2) is 6.07 Å². The van der Waals surface area contributed by atoms with Crippen molar-refractivity contribution in [3.63, 3.8) is 0 Å². The van der Waals surface area contributed by atoms with E-state index in [0.29, 0.717) is 12.5 Å². The van der Waals surface area contributed by atoms with Crippen molar-refractivity contribution in [1.29, 1.82) is 0 Å². The van der Waals surface area contributed by atoms with Crippen LogP contribution in [0.1, 0.15) is 61.3 Å². The minimum atomic E-state index is -0.0255. The van der Waals surface area contributed by atoms with Crippen LogP contribution in [-0.2, 0) is 7.05 Å². The zero-order valence-corrected chi connectivity index (χ0v) is 15.9. The van der Waals surface area contributed by atoms with Gasteiger partial charge in [0.25, 0.3) is 5.91 Å². The molecule has 0 spiro atoms. The van der Waals surface area contributed by atoms with E-state index < -0.39 is 0 Å². The van der Waals surface area contributed by atoms with Crippen molar-refractivity contribution in [3.8, 4) is 0 Å². The second-order valence-electron chi connectivity index (χ2n) is 6.04. The fourth-order valence-corrected chi connectivity index (χ4v) is 3.54. The highest BCUT2D eigenvalue weighted by Crippen LogP contribution is 2.31. The number of rotatable bonds is 7. The number of fused-ring (bicyclic) bond motifs is 1. The number of hydrogen-bond donors (Lipinski definition) is 2. The number of amides is 1. The first-order valence-corrected chi connectivity index (χ1v) is 8.76. The number of nitrogens with two attached hydrogens (primary N) is 1. The zero-order valence-electron chi connectivity index (χ0n) is 14.3. The van der Waals surface area contributed by atoms with Crippen molar-refractivity contribution >= 4 is 39.9 Å². The molecule has 1 unspecified atom stereocenters. The van der Waals surface area contributed by atoms with Crippen LogP contribution in [0.2, 0.25) is 0 Å². The minimum absolute atomic E-state index is 0. The Hall–Kier alpha value is -1.11. The summed E-state index contributed by atoms with van der Waals surface area (Å²) < 4.78 is 1.86. The molecule has 2 rings (SSSR count). The van der Waals surface area contributed by atoms with E-state index >= 15 is 0 Å². The Morgan fingerprint density at radius 2 is 2.17 bits per heavy atom. The third-order valence-corrected chi connectivity index (χ3v) is 5.04. The monoisotopic (exact) mass is 358 g/mol. The number of thiophene rings is 1. The Bertz CT molecular complexity index is 650. The number of aryl methyl sites for hydroxylation is 1. The molecular formula is C16H27ClN4OS. The summed E-state index contributed by atoms with van der Waals surface area (Å²) in [6, 6.07) is 2.02. The van der Waals surface area contributed by atoms with Gasteiger partial charge in [-0.25, -0.2) is 0 Å². The lowest BCUT2D eigenvalue weighted by molar-refractivity contribution is 0.0940. The van der Waals surface area contributed by atoms with Gasteiger partial charge in [-0.05, 0) is 18.4 Å². The number of unbranched alkanes of at least 4 members (excludes halogenated alkanes) is 1. The SMILES string of the molecule is CCCCC(CN)NC(=O)c1cc2c(C(C)C)nn(C)c2s1.Cl. The molecule has 0 aliphatic carbocycles. The van der Waals surface area contributed by atoms with Crippen molar-refractivity contribution in [2.45, 2.75) is 52.0 Å². The number of halogens is 1. The van der Waals surface area contributed by atoms with Crippen LogP contribution in [0, 0.1) is 0 Å². The normalized spacial score (nSPS) is 12.4. The molecule has 0 aliphatic heterocycles. The van der Waals surface area contributed by atoms with Crippen LogP contribution in [-0.4, -0.2) is 28.3 Å². The van der Waals surface area contributed by atoms with Gasteiger partial charge < -0.3 is 11.1 Å². The lowest BCUT2D eigenvalue weighted by atomic mass is 10.1. The molecule has 0 saturated heterocycles. The summed E-state index contributed by atoms with van der Waals surface area (Å²) in [6.45, 7) is 6.86. The van der Waals surface area contributed by atoms with E-state index in [9.17, 15) is 4.79 Å². The quantitative estimate of drug-likeness (QED) is 0.796. The Kier molecular flexibility index (Phi) is 7.51. The highest BCUT2D eigenvalue weighted by molar-refractivity contribution is 7.20. The number of nitrogens with one attached hydrogen (secondary N) is 1. The van der Waals surface area contributed by atoms with Crippen LogP contribution in [0.4, 0.5) is 0 Å². The molecule has 23 heavy (non-hydrogen) atoms. The summed E-state index contributed by atoms with van der Waals surface area (Å²) in [5.41, 5.74) is 6.81. The fourth-order valence-electron chi connectivity index (χ4n) is 2.56. The Morgan fingerprint density at radius 3 is 2.74 bits per heavy atom. The summed E-state index contributed by atoms with van der Waals surface area (Å²) >= 11 is 1.49. The van der Waals surface area contributed by atoms with Gasteiger partial charge in [0.05, 0.1) is 10.6 Å². The van der Waals surface area contributed by atoms with Gasteiger partial charge >= 0.3 is 0 Å². The molecule has 1 atom stereocenters. The summed E-state index contributed by atoms with van der Waals surface area (Å²) in [6.07, 6.45) is 3.12. The van der Waals surface area contributed by atoms with Crippen molar-refractivity contribution in [2.75, 3.05) is 6.54 Å². The van der Waals surface area contributed by atoms with Crippen LogP contribution in [0.5, 0.6) is 0 Å². The highest BCUT2D eigenvalue weighted by Gasteiger charge is 2.19. The topological polar surface area (TPSA) is 72.9 Å². The average Bonchev–Trinajstić information content (AvgIpc) is 3.04. The number of carbonyl (C=O) groups is 1. The lowest BCUT2D eigenvalue weighted by Crippen LogP contribution is -2.39. The van der Waals surface area contributed by atoms with Gasteiger partial charge in [0.1, 0.15) is 4.83 Å². The Morgan fingerprint density at radius 1 is 1.48 bits per heavy atom. The maximum atomic E-state index is 12.5. The highest BCUT2D eigenvalue weighted by atomic mass is 35.5. The number of aromatic nitrogens is 2. The van der Waals surface area contributed by atoms with Gasteiger partial charge in [0.15, 0.2) is 0 Å². The third kappa shape index (κ3) is 4.46. The molecule has 0 aliphatic rings. The summed E-state index contributed by atoms with van der Waals surface area (Å²) in [4.78, 5) is 14.2. The van der Waals surface area contributed by atoms with Crippen LogP contribution >= 0.6 is 23.7 Å². The van der Waals surface area contributed by atoms with E-state index in [0.717, 1.165) is 40.1 Å². The molecule has 0 fully saturated rings. The Labute approximate surface area is 148 Å². The molecule has 5 nitrogen and oxygen atoms in total. The van der Waals surface area contributed by atoms with Crippen molar-refractivity contribution in [2.24, 2.45) is 12.8 Å². The standard InChI is InChI=1S/C16H26N4OS.ClH/c1-5-6-7-11(9-17)18-15(21)13-8-12-14(10(2)3)19-20(4)16(12)22-13;/h8,10-11H,5-7,9,17H2,1-4H3,(H,18,21);1H. The smallest absolute Gasteiger partial charge is 0.261 e. The van der Waals surface area contributed by atoms with E-state index in [4.69, 9.17) is 5.73 Å². The molecule has 2 aromatic heterocycles. The number of carbonyl (C=O) groups excluding carboxylic acids is 1. The molecule has 0 radical (unpaired) electrons. The first-order chi connectivity index (χ1) is 10.5. The van der Waals surface area contributed by atoms with Gasteiger partial charge in [-0.3, -0.25) is 9.48 Å². The van der Waals surface area contributed by atoms with Gasteiger partial charge in [-0.2, -0.15) is 5.10 Å². The summed E-state index contributed by atoms with van der Waals surface area (Å²) in [7, 11) is 1.93. The molecule has 3 N–H and O–H groups in total. The molecule has 7 heteroatoms. The largest absolute Gasteiger partial charge is 0.347 e. The van der Waals surface area contributed by atoms with Crippen LogP contribution in [0.3, 0.4) is 0 Å². The third-order valence-electron chi connectivity index (χ3n) is 3.84. The van der Waals surface area contributed by atoms with Crippen molar-refractivity contribution < 1.29 is 4.79 Å². The molecule has 1 amide bonds. The van der Waals surface area contributed by atoms with E-state index in [-0.39, 0.29) is 24.4 Å². The molecule has 0 aromatic carbocycles. The Balaban J connectivity index is 0.00000264. The number of nitrogens with zero attached hydrogens (tertiary/aromatic N) is 2. The van der Waals surface area contributed by atoms with E-state index in [1.807, 2.05) is 17.8 Å². The van der Waals surface area contributed by atoms with E-state index in [1.165, 1.54) is 11.3 Å². The molecular weight excluding hydrogens is 332 g/mol. The second-order valence-corrected chi connectivity index (χ2v) is 7.07. The van der Waals surface area contributed by atoms with Crippen molar-refractivity contribution in [3.05, 3.63) is 16.6 Å². The average molecular weight is 359 g/mol. The van der Waals surface area contributed by atoms with Gasteiger partial charge in [-0.15, -0.1) is 23.7 Å². The summed E-state index contributed by atoms with van der Waals surface area (Å²) in [5.74, 6) is 0.318. The van der Waals surface area contributed by atoms with Crippen LogP contribution < -0.4 is 11.1 Å². The van der Waals surface area contributed by atoms with Gasteiger partial charge in [0.2, 0.25) is 0 Å². The maximum absolute atomic E-state index is 12.5. The summed E-state index contributed by atoms with van der Waals surface area (Å²) in [5, 5.41) is 8.68. The van der Waals surface area contributed by atoms with E-state index in [1.54, 1.807) is 0 Å². The fraction of sp³-hybridized carbons (Fsp3) is 0.625. The van der Waals surface area contributed by atoms with Gasteiger partial charge in [0, 0.05) is 25.0 Å². The maximum Gasteiger partial charge on any atom is 0.261 e. The predicted molar refractivity (Wildman–Crippen MR) is 99.8 cm³/mol. The second kappa shape index (κ2) is 8.66. The van der Waals surface area contributed by atoms with Crippen molar-refractivity contribution in [1.82, 2.24) is 15.1 Å². The first kappa shape index (κ1) is 19.9.